The van der Waals surface area contributed by atoms with Crippen LogP contribution in [0.3, 0.4) is 0 Å². The van der Waals surface area contributed by atoms with Gasteiger partial charge in [0.15, 0.2) is 0 Å². The molecule has 1 fully saturated rings. The van der Waals surface area contributed by atoms with Crippen molar-refractivity contribution in [1.82, 2.24) is 14.9 Å². The Labute approximate surface area is 103 Å². The predicted molar refractivity (Wildman–Crippen MR) is 63.2 cm³/mol. The molecule has 1 saturated heterocycles. The number of nitrogen functional groups attached to an aromatic ring is 1. The number of anilines is 2. The van der Waals surface area contributed by atoms with Crippen LogP contribution in [0.25, 0.3) is 0 Å². The van der Waals surface area contributed by atoms with Gasteiger partial charge in [-0.2, -0.15) is 4.98 Å². The third-order valence-electron chi connectivity index (χ3n) is 2.73. The summed E-state index contributed by atoms with van der Waals surface area (Å²) in [6.45, 7) is 1.16. The van der Waals surface area contributed by atoms with E-state index in [1.165, 1.54) is 4.90 Å². The van der Waals surface area contributed by atoms with Crippen LogP contribution in [0.4, 0.5) is 16.6 Å². The Morgan fingerprint density at radius 1 is 1.65 bits per heavy atom. The maximum absolute atomic E-state index is 10.7. The number of hydrogen-bond acceptors (Lipinski definition) is 5. The molecule has 0 aliphatic carbocycles. The Hall–Kier alpha value is -1.76. The lowest BCUT2D eigenvalue weighted by Crippen LogP contribution is -2.59. The highest BCUT2D eigenvalue weighted by Gasteiger charge is 2.33. The van der Waals surface area contributed by atoms with Crippen LogP contribution in [0, 0.1) is 0 Å². The molecule has 0 bridgehead atoms. The van der Waals surface area contributed by atoms with Crippen molar-refractivity contribution in [2.45, 2.75) is 6.04 Å². The molecule has 3 N–H and O–H groups in total. The highest BCUT2D eigenvalue weighted by molar-refractivity contribution is 6.29. The zero-order chi connectivity index (χ0) is 12.6. The van der Waals surface area contributed by atoms with Crippen LogP contribution >= 0.6 is 11.6 Å². The first-order valence-electron chi connectivity index (χ1n) is 4.98. The summed E-state index contributed by atoms with van der Waals surface area (Å²) in [7, 11) is 1.55. The SMILES string of the molecule is CN(C(=O)O)C1CN(c2cc(Cl)nc(N)n2)C1. The molecule has 8 heteroatoms. The second-order valence-electron chi connectivity index (χ2n) is 3.86. The normalized spacial score (nSPS) is 15.5. The second kappa shape index (κ2) is 4.25. The van der Waals surface area contributed by atoms with Crippen molar-refractivity contribution in [3.8, 4) is 0 Å². The summed E-state index contributed by atoms with van der Waals surface area (Å²) >= 11 is 5.76. The Kier molecular flexibility index (Phi) is 2.93. The molecule has 17 heavy (non-hydrogen) atoms. The summed E-state index contributed by atoms with van der Waals surface area (Å²) < 4.78 is 0. The standard InChI is InChI=1S/C9H12ClN5O2/c1-14(9(16)17)5-3-15(4-5)7-2-6(10)12-8(11)13-7/h2,5H,3-4H2,1H3,(H,16,17)(H2,11,12,13). The van der Waals surface area contributed by atoms with Crippen LogP contribution < -0.4 is 10.6 Å². The first-order chi connectivity index (χ1) is 7.97. The summed E-state index contributed by atoms with van der Waals surface area (Å²) in [4.78, 5) is 21.7. The summed E-state index contributed by atoms with van der Waals surface area (Å²) in [6, 6.07) is 1.58. The van der Waals surface area contributed by atoms with E-state index in [-0.39, 0.29) is 17.1 Å². The van der Waals surface area contributed by atoms with E-state index < -0.39 is 6.09 Å². The van der Waals surface area contributed by atoms with E-state index in [0.717, 1.165) is 0 Å². The highest BCUT2D eigenvalue weighted by atomic mass is 35.5. The summed E-state index contributed by atoms with van der Waals surface area (Å²) in [5.41, 5.74) is 5.48. The van der Waals surface area contributed by atoms with Crippen molar-refractivity contribution in [3.63, 3.8) is 0 Å². The predicted octanol–water partition coefficient (Wildman–Crippen LogP) is 0.511. The minimum Gasteiger partial charge on any atom is -0.465 e. The largest absolute Gasteiger partial charge is 0.465 e. The van der Waals surface area contributed by atoms with Crippen molar-refractivity contribution in [1.29, 1.82) is 0 Å². The van der Waals surface area contributed by atoms with Crippen LogP contribution in [-0.4, -0.2) is 52.2 Å². The lowest BCUT2D eigenvalue weighted by Gasteiger charge is -2.43. The van der Waals surface area contributed by atoms with Crippen LogP contribution in [0.2, 0.25) is 5.15 Å². The van der Waals surface area contributed by atoms with Crippen LogP contribution in [0.15, 0.2) is 6.07 Å². The van der Waals surface area contributed by atoms with Gasteiger partial charge in [0, 0.05) is 26.2 Å². The van der Waals surface area contributed by atoms with Gasteiger partial charge in [-0.25, -0.2) is 9.78 Å². The fourth-order valence-corrected chi connectivity index (χ4v) is 1.81. The van der Waals surface area contributed by atoms with Crippen LogP contribution in [-0.2, 0) is 0 Å². The zero-order valence-corrected chi connectivity index (χ0v) is 9.92. The molecule has 92 valence electrons. The maximum Gasteiger partial charge on any atom is 0.407 e. The maximum atomic E-state index is 10.7. The summed E-state index contributed by atoms with van der Waals surface area (Å²) in [5.74, 6) is 0.736. The molecule has 1 aliphatic rings. The number of halogens is 1. The molecule has 0 atom stereocenters. The number of hydrogen-bond donors (Lipinski definition) is 2. The van der Waals surface area contributed by atoms with Gasteiger partial charge in [-0.1, -0.05) is 11.6 Å². The van der Waals surface area contributed by atoms with Gasteiger partial charge in [-0.05, 0) is 0 Å². The summed E-state index contributed by atoms with van der Waals surface area (Å²) in [5, 5.41) is 9.08. The van der Waals surface area contributed by atoms with Gasteiger partial charge in [-0.15, -0.1) is 0 Å². The van der Waals surface area contributed by atoms with Crippen molar-refractivity contribution in [3.05, 3.63) is 11.2 Å². The van der Waals surface area contributed by atoms with E-state index >= 15 is 0 Å². The molecular weight excluding hydrogens is 246 g/mol. The van der Waals surface area contributed by atoms with E-state index in [0.29, 0.717) is 18.9 Å². The molecule has 1 amide bonds. The summed E-state index contributed by atoms with van der Waals surface area (Å²) in [6.07, 6.45) is -0.935. The van der Waals surface area contributed by atoms with Crippen molar-refractivity contribution >= 4 is 29.5 Å². The topological polar surface area (TPSA) is 95.6 Å². The Bertz CT molecular complexity index is 429. The van der Waals surface area contributed by atoms with Crippen LogP contribution in [0.1, 0.15) is 0 Å². The van der Waals surface area contributed by atoms with E-state index in [1.807, 2.05) is 4.90 Å². The third-order valence-corrected chi connectivity index (χ3v) is 2.93. The average molecular weight is 258 g/mol. The van der Waals surface area contributed by atoms with E-state index in [9.17, 15) is 4.79 Å². The minimum absolute atomic E-state index is 0.0255. The lowest BCUT2D eigenvalue weighted by atomic mass is 10.1. The van der Waals surface area contributed by atoms with Gasteiger partial charge in [-0.3, -0.25) is 0 Å². The average Bonchev–Trinajstić information content (AvgIpc) is 2.13. The van der Waals surface area contributed by atoms with E-state index in [4.69, 9.17) is 22.4 Å². The number of amides is 1. The quantitative estimate of drug-likeness (QED) is 0.750. The first kappa shape index (κ1) is 11.7. The number of nitrogens with two attached hydrogens (primary N) is 1. The van der Waals surface area contributed by atoms with Gasteiger partial charge in [0.25, 0.3) is 0 Å². The van der Waals surface area contributed by atoms with E-state index in [2.05, 4.69) is 9.97 Å². The Morgan fingerprint density at radius 2 is 2.29 bits per heavy atom. The molecular formula is C9H12ClN5O2. The number of rotatable bonds is 2. The van der Waals surface area contributed by atoms with Crippen LogP contribution in [0.5, 0.6) is 0 Å². The van der Waals surface area contributed by atoms with Gasteiger partial charge < -0.3 is 20.6 Å². The fourth-order valence-electron chi connectivity index (χ4n) is 1.63. The lowest BCUT2D eigenvalue weighted by molar-refractivity contribution is 0.129. The fraction of sp³-hybridized carbons (Fsp3) is 0.444. The molecule has 1 aromatic rings. The monoisotopic (exact) mass is 257 g/mol. The highest BCUT2D eigenvalue weighted by Crippen LogP contribution is 2.23. The number of aromatic nitrogens is 2. The molecule has 0 radical (unpaired) electrons. The third kappa shape index (κ3) is 2.33. The van der Waals surface area contributed by atoms with Gasteiger partial charge in [0.05, 0.1) is 6.04 Å². The first-order valence-corrected chi connectivity index (χ1v) is 5.36. The smallest absolute Gasteiger partial charge is 0.407 e. The molecule has 7 nitrogen and oxygen atoms in total. The Balaban J connectivity index is 2.02. The molecule has 0 unspecified atom stereocenters. The number of nitrogens with zero attached hydrogens (tertiary/aromatic N) is 4. The molecule has 0 spiro atoms. The zero-order valence-electron chi connectivity index (χ0n) is 9.17. The molecule has 2 rings (SSSR count). The second-order valence-corrected chi connectivity index (χ2v) is 4.25. The molecule has 0 saturated carbocycles. The van der Waals surface area contributed by atoms with Crippen molar-refractivity contribution < 1.29 is 9.90 Å². The van der Waals surface area contributed by atoms with E-state index in [1.54, 1.807) is 13.1 Å². The van der Waals surface area contributed by atoms with Crippen molar-refractivity contribution in [2.75, 3.05) is 30.8 Å². The minimum atomic E-state index is -0.935. The van der Waals surface area contributed by atoms with Crippen molar-refractivity contribution in [2.24, 2.45) is 0 Å². The molecule has 2 heterocycles. The van der Waals surface area contributed by atoms with Gasteiger partial charge in [0.2, 0.25) is 5.95 Å². The molecule has 1 aliphatic heterocycles. The molecule has 0 aromatic carbocycles. The number of carbonyl (C=O) groups is 1. The Morgan fingerprint density at radius 3 is 2.82 bits per heavy atom. The number of carboxylic acid groups (broad SMARTS) is 1. The van der Waals surface area contributed by atoms with Gasteiger partial charge in [0.1, 0.15) is 11.0 Å². The molecule has 1 aromatic heterocycles. The number of likely N-dealkylation sites (N-methyl/N-ethyl adjacent to an activating group) is 1. The van der Waals surface area contributed by atoms with Gasteiger partial charge >= 0.3 is 6.09 Å².